The monoisotopic (exact) mass is 357 g/mol. The fourth-order valence-corrected chi connectivity index (χ4v) is 2.44. The van der Waals surface area contributed by atoms with Crippen molar-refractivity contribution in [3.8, 4) is 11.5 Å². The van der Waals surface area contributed by atoms with E-state index in [-0.39, 0.29) is 12.6 Å². The van der Waals surface area contributed by atoms with E-state index in [1.165, 1.54) is 0 Å². The van der Waals surface area contributed by atoms with Gasteiger partial charge in [-0.2, -0.15) is 0 Å². The van der Waals surface area contributed by atoms with Gasteiger partial charge < -0.3 is 19.5 Å². The second-order valence-corrected chi connectivity index (χ2v) is 5.84. The molecule has 0 aliphatic rings. The van der Waals surface area contributed by atoms with Crippen molar-refractivity contribution in [2.45, 2.75) is 19.9 Å². The summed E-state index contributed by atoms with van der Waals surface area (Å²) in [5, 5.41) is 2.79. The molecule has 0 saturated carbocycles. The van der Waals surface area contributed by atoms with Crippen molar-refractivity contribution < 1.29 is 23.8 Å². The lowest BCUT2D eigenvalue weighted by Crippen LogP contribution is -2.31. The number of carbonyl (C=O) groups is 2. The van der Waals surface area contributed by atoms with Crippen LogP contribution in [0.25, 0.3) is 0 Å². The van der Waals surface area contributed by atoms with E-state index in [0.717, 1.165) is 11.1 Å². The number of rotatable bonds is 7. The minimum Gasteiger partial charge on any atom is -0.497 e. The normalized spacial score (nSPS) is 11.4. The molecule has 0 unspecified atom stereocenters. The first-order valence-electron chi connectivity index (χ1n) is 8.19. The van der Waals surface area contributed by atoms with E-state index in [2.05, 4.69) is 5.32 Å². The molecule has 6 heteroatoms. The van der Waals surface area contributed by atoms with Crippen molar-refractivity contribution in [3.63, 3.8) is 0 Å². The average molecular weight is 357 g/mol. The Bertz CT molecular complexity index is 770. The predicted molar refractivity (Wildman–Crippen MR) is 97.6 cm³/mol. The third-order valence-electron chi connectivity index (χ3n) is 3.90. The largest absolute Gasteiger partial charge is 0.497 e. The van der Waals surface area contributed by atoms with Gasteiger partial charge in [0.05, 0.1) is 25.8 Å². The van der Waals surface area contributed by atoms with Gasteiger partial charge in [0.2, 0.25) is 0 Å². The number of methoxy groups -OCH3 is 2. The summed E-state index contributed by atoms with van der Waals surface area (Å²) in [6, 6.07) is 12.0. The highest BCUT2D eigenvalue weighted by Gasteiger charge is 2.16. The van der Waals surface area contributed by atoms with E-state index in [4.69, 9.17) is 14.2 Å². The van der Waals surface area contributed by atoms with Crippen LogP contribution >= 0.6 is 0 Å². The zero-order chi connectivity index (χ0) is 19.1. The van der Waals surface area contributed by atoms with Crippen LogP contribution in [0.1, 0.15) is 34.5 Å². The lowest BCUT2D eigenvalue weighted by atomic mass is 10.1. The summed E-state index contributed by atoms with van der Waals surface area (Å²) in [4.78, 5) is 24.1. The highest BCUT2D eigenvalue weighted by atomic mass is 16.5. The number of nitrogens with one attached hydrogen (secondary N) is 1. The number of amides is 1. The molecular weight excluding hydrogens is 334 g/mol. The Hall–Kier alpha value is -3.02. The van der Waals surface area contributed by atoms with Crippen molar-refractivity contribution in [2.24, 2.45) is 0 Å². The maximum absolute atomic E-state index is 12.1. The van der Waals surface area contributed by atoms with E-state index in [0.29, 0.717) is 17.1 Å². The van der Waals surface area contributed by atoms with Crippen molar-refractivity contribution >= 4 is 11.9 Å². The maximum Gasteiger partial charge on any atom is 0.338 e. The SMILES string of the molecule is COc1ccc(OC)c([C@H](C)NC(=O)COC(=O)c2ccc(C)cc2)c1. The van der Waals surface area contributed by atoms with E-state index in [9.17, 15) is 9.59 Å². The number of carbonyl (C=O) groups excluding carboxylic acids is 2. The van der Waals surface area contributed by atoms with E-state index >= 15 is 0 Å². The Morgan fingerprint density at radius 3 is 2.35 bits per heavy atom. The lowest BCUT2D eigenvalue weighted by Gasteiger charge is -2.18. The van der Waals surface area contributed by atoms with Gasteiger partial charge in [-0.3, -0.25) is 4.79 Å². The zero-order valence-corrected chi connectivity index (χ0v) is 15.4. The van der Waals surface area contributed by atoms with Crippen LogP contribution in [0.15, 0.2) is 42.5 Å². The smallest absolute Gasteiger partial charge is 0.338 e. The summed E-state index contributed by atoms with van der Waals surface area (Å²) in [6.07, 6.45) is 0. The third kappa shape index (κ3) is 4.99. The molecule has 26 heavy (non-hydrogen) atoms. The maximum atomic E-state index is 12.1. The summed E-state index contributed by atoms with van der Waals surface area (Å²) in [5.74, 6) is 0.359. The van der Waals surface area contributed by atoms with Gasteiger partial charge in [0.15, 0.2) is 6.61 Å². The summed E-state index contributed by atoms with van der Waals surface area (Å²) in [6.45, 7) is 3.39. The van der Waals surface area contributed by atoms with E-state index < -0.39 is 11.9 Å². The Morgan fingerprint density at radius 1 is 1.04 bits per heavy atom. The summed E-state index contributed by atoms with van der Waals surface area (Å²) in [7, 11) is 3.13. The van der Waals surface area contributed by atoms with Crippen molar-refractivity contribution in [3.05, 3.63) is 59.2 Å². The first-order chi connectivity index (χ1) is 12.4. The van der Waals surface area contributed by atoms with Crippen molar-refractivity contribution in [2.75, 3.05) is 20.8 Å². The van der Waals surface area contributed by atoms with Gasteiger partial charge in [0.25, 0.3) is 5.91 Å². The quantitative estimate of drug-likeness (QED) is 0.771. The molecule has 138 valence electrons. The molecule has 1 atom stereocenters. The molecule has 0 saturated heterocycles. The lowest BCUT2D eigenvalue weighted by molar-refractivity contribution is -0.124. The Balaban J connectivity index is 1.95. The fraction of sp³-hybridized carbons (Fsp3) is 0.300. The number of esters is 1. The second-order valence-electron chi connectivity index (χ2n) is 5.84. The van der Waals surface area contributed by atoms with Crippen LogP contribution < -0.4 is 14.8 Å². The summed E-state index contributed by atoms with van der Waals surface area (Å²) < 4.78 is 15.6. The summed E-state index contributed by atoms with van der Waals surface area (Å²) in [5.41, 5.74) is 2.22. The van der Waals surface area contributed by atoms with E-state index in [1.54, 1.807) is 44.6 Å². The molecule has 0 heterocycles. The molecule has 0 aliphatic heterocycles. The Kier molecular flexibility index (Phi) is 6.60. The first-order valence-corrected chi connectivity index (χ1v) is 8.19. The standard InChI is InChI=1S/C20H23NO5/c1-13-5-7-15(8-6-13)20(23)26-12-19(22)21-14(2)17-11-16(24-3)9-10-18(17)25-4/h5-11,14H,12H2,1-4H3,(H,21,22)/t14-/m0/s1. The van der Waals surface area contributed by atoms with Crippen LogP contribution in [0.3, 0.4) is 0 Å². The number of aryl methyl sites for hydroxylation is 1. The number of ether oxygens (including phenoxy) is 3. The van der Waals surface area contributed by atoms with Crippen molar-refractivity contribution in [1.82, 2.24) is 5.32 Å². The first kappa shape index (κ1) is 19.3. The molecule has 2 aromatic carbocycles. The van der Waals surface area contributed by atoms with Crippen LogP contribution in [0, 0.1) is 6.92 Å². The Labute approximate surface area is 153 Å². The molecule has 0 radical (unpaired) electrons. The van der Waals surface area contributed by atoms with Crippen LogP contribution in [0.2, 0.25) is 0 Å². The highest BCUT2D eigenvalue weighted by molar-refractivity contribution is 5.91. The van der Waals surface area contributed by atoms with Gasteiger partial charge in [-0.15, -0.1) is 0 Å². The van der Waals surface area contributed by atoms with Crippen LogP contribution in [-0.2, 0) is 9.53 Å². The van der Waals surface area contributed by atoms with Gasteiger partial charge in [0.1, 0.15) is 11.5 Å². The van der Waals surface area contributed by atoms with Crippen LogP contribution in [0.4, 0.5) is 0 Å². The molecule has 2 rings (SSSR count). The van der Waals surface area contributed by atoms with Gasteiger partial charge in [-0.1, -0.05) is 17.7 Å². The van der Waals surface area contributed by atoms with Crippen LogP contribution in [0.5, 0.6) is 11.5 Å². The van der Waals surface area contributed by atoms with Crippen molar-refractivity contribution in [1.29, 1.82) is 0 Å². The molecule has 0 aliphatic carbocycles. The number of benzene rings is 2. The molecule has 1 amide bonds. The van der Waals surface area contributed by atoms with Gasteiger partial charge >= 0.3 is 5.97 Å². The molecule has 6 nitrogen and oxygen atoms in total. The third-order valence-corrected chi connectivity index (χ3v) is 3.90. The molecule has 0 spiro atoms. The minimum atomic E-state index is -0.535. The highest BCUT2D eigenvalue weighted by Crippen LogP contribution is 2.29. The number of hydrogen-bond acceptors (Lipinski definition) is 5. The fourth-order valence-electron chi connectivity index (χ4n) is 2.44. The predicted octanol–water partition coefficient (Wildman–Crippen LogP) is 3.05. The summed E-state index contributed by atoms with van der Waals surface area (Å²) >= 11 is 0. The van der Waals surface area contributed by atoms with Gasteiger partial charge in [-0.05, 0) is 44.2 Å². The molecule has 2 aromatic rings. The molecule has 0 aromatic heterocycles. The van der Waals surface area contributed by atoms with E-state index in [1.807, 2.05) is 26.0 Å². The zero-order valence-electron chi connectivity index (χ0n) is 15.4. The van der Waals surface area contributed by atoms with Gasteiger partial charge in [-0.25, -0.2) is 4.79 Å². The van der Waals surface area contributed by atoms with Gasteiger partial charge in [0, 0.05) is 5.56 Å². The number of hydrogen-bond donors (Lipinski definition) is 1. The molecular formula is C20H23NO5. The molecule has 1 N–H and O–H groups in total. The topological polar surface area (TPSA) is 73.9 Å². The average Bonchev–Trinajstić information content (AvgIpc) is 2.66. The Morgan fingerprint density at radius 2 is 1.73 bits per heavy atom. The second kappa shape index (κ2) is 8.89. The van der Waals surface area contributed by atoms with Crippen LogP contribution in [-0.4, -0.2) is 32.7 Å². The minimum absolute atomic E-state index is 0.342. The molecule has 0 fully saturated rings. The molecule has 0 bridgehead atoms.